The van der Waals surface area contributed by atoms with Gasteiger partial charge >= 0.3 is 0 Å². The van der Waals surface area contributed by atoms with E-state index < -0.39 is 0 Å². The van der Waals surface area contributed by atoms with Crippen molar-refractivity contribution in [3.8, 4) is 0 Å². The van der Waals surface area contributed by atoms with Gasteiger partial charge in [-0.05, 0) is 52.6 Å². The SMILES string of the molecule is CCN1CCC(CNc2nccc(NC)n2)(N(C)C)CC1. The zero-order valence-electron chi connectivity index (χ0n) is 13.7. The Kier molecular flexibility index (Phi) is 5.36. The highest BCUT2D eigenvalue weighted by atomic mass is 15.2. The van der Waals surface area contributed by atoms with E-state index in [2.05, 4.69) is 51.4 Å². The maximum atomic E-state index is 4.43. The Bertz CT molecular complexity index is 440. The highest BCUT2D eigenvalue weighted by Crippen LogP contribution is 2.27. The van der Waals surface area contributed by atoms with Crippen LogP contribution < -0.4 is 10.6 Å². The van der Waals surface area contributed by atoms with Crippen molar-refractivity contribution in [2.75, 3.05) is 58.0 Å². The number of likely N-dealkylation sites (N-methyl/N-ethyl adjacent to an activating group) is 1. The van der Waals surface area contributed by atoms with E-state index >= 15 is 0 Å². The molecule has 1 aromatic rings. The van der Waals surface area contributed by atoms with E-state index in [-0.39, 0.29) is 5.54 Å². The second-order valence-corrected chi connectivity index (χ2v) is 5.92. The average Bonchev–Trinajstić information content (AvgIpc) is 2.53. The number of hydrogen-bond acceptors (Lipinski definition) is 6. The highest BCUT2D eigenvalue weighted by Gasteiger charge is 2.36. The second kappa shape index (κ2) is 7.04. The topological polar surface area (TPSA) is 56.3 Å². The maximum absolute atomic E-state index is 4.43. The molecule has 0 aromatic carbocycles. The van der Waals surface area contributed by atoms with Crippen molar-refractivity contribution < 1.29 is 0 Å². The van der Waals surface area contributed by atoms with E-state index in [1.165, 1.54) is 12.8 Å². The molecule has 2 N–H and O–H groups in total. The number of likely N-dealkylation sites (tertiary alicyclic amines) is 1. The van der Waals surface area contributed by atoms with Crippen LogP contribution in [0, 0.1) is 0 Å². The molecule has 6 heteroatoms. The molecule has 2 rings (SSSR count). The summed E-state index contributed by atoms with van der Waals surface area (Å²) in [6.07, 6.45) is 4.13. The lowest BCUT2D eigenvalue weighted by Crippen LogP contribution is -2.56. The van der Waals surface area contributed by atoms with Crippen LogP contribution in [-0.4, -0.2) is 72.6 Å². The van der Waals surface area contributed by atoms with Gasteiger partial charge in [-0.15, -0.1) is 0 Å². The van der Waals surface area contributed by atoms with E-state index in [9.17, 15) is 0 Å². The highest BCUT2D eigenvalue weighted by molar-refractivity contribution is 5.39. The Morgan fingerprint density at radius 3 is 2.62 bits per heavy atom. The average molecular weight is 292 g/mol. The van der Waals surface area contributed by atoms with E-state index in [1.807, 2.05) is 13.1 Å². The lowest BCUT2D eigenvalue weighted by molar-refractivity contribution is 0.0685. The summed E-state index contributed by atoms with van der Waals surface area (Å²) in [6, 6.07) is 1.87. The zero-order valence-corrected chi connectivity index (χ0v) is 13.7. The molecular weight excluding hydrogens is 264 g/mol. The molecule has 0 bridgehead atoms. The maximum Gasteiger partial charge on any atom is 0.224 e. The standard InChI is InChI=1S/C15H28N6/c1-5-21-10-7-15(8-11-21,20(3)4)12-18-14-17-9-6-13(16-2)19-14/h6,9H,5,7-8,10-12H2,1-4H3,(H2,16,17,18,19). The van der Waals surface area contributed by atoms with Gasteiger partial charge in [-0.1, -0.05) is 6.92 Å². The van der Waals surface area contributed by atoms with Gasteiger partial charge < -0.3 is 20.4 Å². The van der Waals surface area contributed by atoms with Gasteiger partial charge in [-0.25, -0.2) is 4.98 Å². The van der Waals surface area contributed by atoms with Gasteiger partial charge in [0.25, 0.3) is 0 Å². The van der Waals surface area contributed by atoms with Gasteiger partial charge in [0.1, 0.15) is 5.82 Å². The molecule has 21 heavy (non-hydrogen) atoms. The van der Waals surface area contributed by atoms with Gasteiger partial charge in [-0.3, -0.25) is 0 Å². The molecule has 1 saturated heterocycles. The summed E-state index contributed by atoms with van der Waals surface area (Å²) in [5.41, 5.74) is 0.185. The number of piperidine rings is 1. The fraction of sp³-hybridized carbons (Fsp3) is 0.733. The lowest BCUT2D eigenvalue weighted by Gasteiger charge is -2.46. The second-order valence-electron chi connectivity index (χ2n) is 5.92. The molecule has 0 saturated carbocycles. The molecule has 0 atom stereocenters. The van der Waals surface area contributed by atoms with Crippen LogP contribution in [0.5, 0.6) is 0 Å². The molecule has 1 aromatic heterocycles. The Morgan fingerprint density at radius 2 is 2.05 bits per heavy atom. The third kappa shape index (κ3) is 3.83. The van der Waals surface area contributed by atoms with Crippen LogP contribution in [0.2, 0.25) is 0 Å². The van der Waals surface area contributed by atoms with Gasteiger partial charge in [0, 0.05) is 25.3 Å². The Morgan fingerprint density at radius 1 is 1.33 bits per heavy atom. The van der Waals surface area contributed by atoms with Gasteiger partial charge in [0.2, 0.25) is 5.95 Å². The van der Waals surface area contributed by atoms with E-state index in [0.717, 1.165) is 32.0 Å². The zero-order chi connectivity index (χ0) is 15.3. The van der Waals surface area contributed by atoms with Crippen LogP contribution >= 0.6 is 0 Å². The molecule has 0 unspecified atom stereocenters. The molecule has 1 fully saturated rings. The third-order valence-electron chi connectivity index (χ3n) is 4.67. The van der Waals surface area contributed by atoms with E-state index in [4.69, 9.17) is 0 Å². The van der Waals surface area contributed by atoms with E-state index in [0.29, 0.717) is 5.95 Å². The molecule has 0 spiro atoms. The van der Waals surface area contributed by atoms with Crippen LogP contribution in [-0.2, 0) is 0 Å². The van der Waals surface area contributed by atoms with Gasteiger partial charge in [-0.2, -0.15) is 4.98 Å². The van der Waals surface area contributed by atoms with Crippen LogP contribution in [0.15, 0.2) is 12.3 Å². The number of nitrogens with one attached hydrogen (secondary N) is 2. The first-order chi connectivity index (χ1) is 10.1. The molecular formula is C15H28N6. The monoisotopic (exact) mass is 292 g/mol. The first-order valence-electron chi connectivity index (χ1n) is 7.74. The van der Waals surface area contributed by atoms with Gasteiger partial charge in [0.15, 0.2) is 0 Å². The van der Waals surface area contributed by atoms with Crippen molar-refractivity contribution in [2.45, 2.75) is 25.3 Å². The third-order valence-corrected chi connectivity index (χ3v) is 4.67. The Balaban J connectivity index is 2.00. The molecule has 2 heterocycles. The van der Waals surface area contributed by atoms with Crippen molar-refractivity contribution in [1.29, 1.82) is 0 Å². The molecule has 1 aliphatic rings. The van der Waals surface area contributed by atoms with Crippen LogP contribution in [0.1, 0.15) is 19.8 Å². The van der Waals surface area contributed by atoms with E-state index in [1.54, 1.807) is 6.20 Å². The molecule has 6 nitrogen and oxygen atoms in total. The summed E-state index contributed by atoms with van der Waals surface area (Å²) in [4.78, 5) is 13.6. The quantitative estimate of drug-likeness (QED) is 0.825. The van der Waals surface area contributed by atoms with Crippen molar-refractivity contribution in [3.05, 3.63) is 12.3 Å². The first kappa shape index (κ1) is 16.0. The lowest BCUT2D eigenvalue weighted by atomic mass is 9.86. The fourth-order valence-corrected chi connectivity index (χ4v) is 2.89. The van der Waals surface area contributed by atoms with Crippen molar-refractivity contribution in [3.63, 3.8) is 0 Å². The predicted molar refractivity (Wildman–Crippen MR) is 87.8 cm³/mol. The summed E-state index contributed by atoms with van der Waals surface area (Å²) in [5, 5.41) is 6.46. The van der Waals surface area contributed by atoms with Crippen molar-refractivity contribution in [2.24, 2.45) is 0 Å². The largest absolute Gasteiger partial charge is 0.373 e. The minimum atomic E-state index is 0.185. The smallest absolute Gasteiger partial charge is 0.224 e. The summed E-state index contributed by atoms with van der Waals surface area (Å²) in [5.74, 6) is 1.54. The first-order valence-corrected chi connectivity index (χ1v) is 7.74. The molecule has 0 aliphatic carbocycles. The summed E-state index contributed by atoms with van der Waals surface area (Å²) < 4.78 is 0. The molecule has 118 valence electrons. The van der Waals surface area contributed by atoms with Crippen LogP contribution in [0.3, 0.4) is 0 Å². The minimum Gasteiger partial charge on any atom is -0.373 e. The predicted octanol–water partition coefficient (Wildman–Crippen LogP) is 1.35. The van der Waals surface area contributed by atoms with Crippen molar-refractivity contribution >= 4 is 11.8 Å². The number of rotatable bonds is 6. The Hall–Kier alpha value is -1.40. The number of anilines is 2. The molecule has 1 aliphatic heterocycles. The van der Waals surface area contributed by atoms with Gasteiger partial charge in [0.05, 0.1) is 0 Å². The number of nitrogens with zero attached hydrogens (tertiary/aromatic N) is 4. The van der Waals surface area contributed by atoms with Crippen LogP contribution in [0.25, 0.3) is 0 Å². The minimum absolute atomic E-state index is 0.185. The summed E-state index contributed by atoms with van der Waals surface area (Å²) in [7, 11) is 6.22. The number of hydrogen-bond donors (Lipinski definition) is 2. The number of aromatic nitrogens is 2. The molecule has 0 amide bonds. The Labute approximate surface area is 127 Å². The van der Waals surface area contributed by atoms with Crippen LogP contribution in [0.4, 0.5) is 11.8 Å². The van der Waals surface area contributed by atoms with Crippen molar-refractivity contribution in [1.82, 2.24) is 19.8 Å². The molecule has 0 radical (unpaired) electrons. The summed E-state index contributed by atoms with van der Waals surface area (Å²) in [6.45, 7) is 6.58. The summed E-state index contributed by atoms with van der Waals surface area (Å²) >= 11 is 0. The normalized spacial score (nSPS) is 18.7. The fourth-order valence-electron chi connectivity index (χ4n) is 2.89.